The first-order chi connectivity index (χ1) is 16.2. The van der Waals surface area contributed by atoms with Gasteiger partial charge in [-0.15, -0.1) is 0 Å². The third-order valence-electron chi connectivity index (χ3n) is 6.68. The predicted octanol–water partition coefficient (Wildman–Crippen LogP) is 4.66. The summed E-state index contributed by atoms with van der Waals surface area (Å²) in [5.41, 5.74) is 12.6. The van der Waals surface area contributed by atoms with Gasteiger partial charge in [-0.3, -0.25) is 0 Å². The highest BCUT2D eigenvalue weighted by Gasteiger charge is 2.31. The summed E-state index contributed by atoms with van der Waals surface area (Å²) in [7, 11) is 0. The fraction of sp³-hybridized carbons (Fsp3) is 0.259. The molecule has 2 aromatic carbocycles. The third-order valence-corrected chi connectivity index (χ3v) is 6.68. The van der Waals surface area contributed by atoms with Gasteiger partial charge in [0.1, 0.15) is 6.10 Å². The maximum absolute atomic E-state index is 6.34. The van der Waals surface area contributed by atoms with Gasteiger partial charge in [0.15, 0.2) is 5.76 Å². The number of ether oxygens (including phenoxy) is 2. The second-order valence-corrected chi connectivity index (χ2v) is 8.60. The SMILES string of the molecule is CCn1ccc2cc(N3C=CC(N)=C4OC(c5ccc(N6CCOCC6)cc5)C=C43)ccc21. The highest BCUT2D eigenvalue weighted by molar-refractivity contribution is 5.85. The number of hydrogen-bond acceptors (Lipinski definition) is 5. The van der Waals surface area contributed by atoms with Crippen molar-refractivity contribution in [3.63, 3.8) is 0 Å². The Morgan fingerprint density at radius 3 is 2.58 bits per heavy atom. The van der Waals surface area contributed by atoms with Gasteiger partial charge in [0.05, 0.1) is 24.6 Å². The van der Waals surface area contributed by atoms with Gasteiger partial charge in [0, 0.05) is 54.3 Å². The first-order valence-electron chi connectivity index (χ1n) is 11.6. The molecular weight excluding hydrogens is 412 g/mol. The number of allylic oxidation sites excluding steroid dienone is 1. The van der Waals surface area contributed by atoms with Crippen LogP contribution in [0.5, 0.6) is 0 Å². The molecule has 0 amide bonds. The quantitative estimate of drug-likeness (QED) is 0.640. The van der Waals surface area contributed by atoms with Crippen LogP contribution in [0.2, 0.25) is 0 Å². The lowest BCUT2D eigenvalue weighted by atomic mass is 10.1. The van der Waals surface area contributed by atoms with Crippen LogP contribution in [0, 0.1) is 0 Å². The number of anilines is 2. The number of morpholine rings is 1. The third kappa shape index (κ3) is 3.47. The highest BCUT2D eigenvalue weighted by atomic mass is 16.5. The van der Waals surface area contributed by atoms with Crippen molar-refractivity contribution in [2.75, 3.05) is 36.1 Å². The molecule has 1 aromatic heterocycles. The Kier molecular flexibility index (Phi) is 4.88. The molecular formula is C27H28N4O2. The number of hydrogen-bond donors (Lipinski definition) is 1. The minimum atomic E-state index is -0.167. The molecule has 3 aromatic rings. The normalized spacial score (nSPS) is 20.3. The van der Waals surface area contributed by atoms with Crippen molar-refractivity contribution >= 4 is 22.3 Å². The molecule has 1 unspecified atom stereocenters. The predicted molar refractivity (Wildman–Crippen MR) is 132 cm³/mol. The molecule has 4 heterocycles. The summed E-state index contributed by atoms with van der Waals surface area (Å²) >= 11 is 0. The summed E-state index contributed by atoms with van der Waals surface area (Å²) in [6, 6.07) is 17.4. The maximum atomic E-state index is 6.34. The summed E-state index contributed by atoms with van der Waals surface area (Å²) in [5.74, 6) is 0.742. The Morgan fingerprint density at radius 2 is 1.79 bits per heavy atom. The molecule has 6 nitrogen and oxygen atoms in total. The Labute approximate surface area is 193 Å². The zero-order chi connectivity index (χ0) is 22.4. The number of rotatable bonds is 4. The zero-order valence-electron chi connectivity index (χ0n) is 18.8. The maximum Gasteiger partial charge on any atom is 0.167 e. The van der Waals surface area contributed by atoms with Crippen LogP contribution in [-0.2, 0) is 16.0 Å². The van der Waals surface area contributed by atoms with Crippen LogP contribution in [0.4, 0.5) is 11.4 Å². The molecule has 168 valence electrons. The Morgan fingerprint density at radius 1 is 1.00 bits per heavy atom. The van der Waals surface area contributed by atoms with E-state index >= 15 is 0 Å². The van der Waals surface area contributed by atoms with Crippen molar-refractivity contribution in [3.8, 4) is 0 Å². The largest absolute Gasteiger partial charge is 0.477 e. The molecule has 0 radical (unpaired) electrons. The molecule has 33 heavy (non-hydrogen) atoms. The summed E-state index contributed by atoms with van der Waals surface area (Å²) in [5, 5.41) is 1.22. The van der Waals surface area contributed by atoms with Crippen LogP contribution in [0.25, 0.3) is 10.9 Å². The van der Waals surface area contributed by atoms with Gasteiger partial charge in [-0.2, -0.15) is 0 Å². The van der Waals surface area contributed by atoms with E-state index in [0.717, 1.165) is 55.6 Å². The molecule has 2 N–H and O–H groups in total. The van der Waals surface area contributed by atoms with E-state index in [-0.39, 0.29) is 6.10 Å². The fourth-order valence-electron chi connectivity index (χ4n) is 4.86. The molecule has 0 spiro atoms. The lowest BCUT2D eigenvalue weighted by Crippen LogP contribution is -2.36. The summed E-state index contributed by atoms with van der Waals surface area (Å²) in [6.45, 7) is 6.55. The van der Waals surface area contributed by atoms with Gasteiger partial charge in [0.25, 0.3) is 0 Å². The first kappa shape index (κ1) is 20.0. The van der Waals surface area contributed by atoms with Gasteiger partial charge >= 0.3 is 0 Å². The van der Waals surface area contributed by atoms with Crippen LogP contribution >= 0.6 is 0 Å². The second-order valence-electron chi connectivity index (χ2n) is 8.60. The Balaban J connectivity index is 1.29. The molecule has 3 aliphatic heterocycles. The number of aromatic nitrogens is 1. The van der Waals surface area contributed by atoms with Crippen LogP contribution in [0.3, 0.4) is 0 Å². The average molecular weight is 441 g/mol. The summed E-state index contributed by atoms with van der Waals surface area (Å²) < 4.78 is 14.1. The number of nitrogens with two attached hydrogens (primary N) is 1. The van der Waals surface area contributed by atoms with Gasteiger partial charge < -0.3 is 29.6 Å². The van der Waals surface area contributed by atoms with Gasteiger partial charge in [-0.05, 0) is 61.0 Å². The van der Waals surface area contributed by atoms with Crippen molar-refractivity contribution in [1.82, 2.24) is 4.57 Å². The minimum absolute atomic E-state index is 0.167. The molecule has 6 rings (SSSR count). The van der Waals surface area contributed by atoms with E-state index in [1.165, 1.54) is 16.6 Å². The number of fused-ring (bicyclic) bond motifs is 2. The van der Waals surface area contributed by atoms with Gasteiger partial charge in [-0.1, -0.05) is 12.1 Å². The first-order valence-corrected chi connectivity index (χ1v) is 11.6. The second kappa shape index (κ2) is 8.05. The standard InChI is InChI=1S/C27H28N4O2/c1-2-29-11-9-20-17-22(7-8-24(20)29)31-12-10-23(28)27-25(31)18-26(33-27)19-3-5-21(6-4-19)30-13-15-32-16-14-30/h3-12,17-18,26H,2,13-16,28H2,1H3. The van der Waals surface area contributed by atoms with Crippen molar-refractivity contribution < 1.29 is 9.47 Å². The van der Waals surface area contributed by atoms with Crippen LogP contribution in [0.15, 0.2) is 90.2 Å². The molecule has 0 aliphatic carbocycles. The smallest absolute Gasteiger partial charge is 0.167 e. The van der Waals surface area contributed by atoms with Gasteiger partial charge in [0.2, 0.25) is 0 Å². The van der Waals surface area contributed by atoms with E-state index in [1.54, 1.807) is 0 Å². The van der Waals surface area contributed by atoms with Crippen molar-refractivity contribution in [1.29, 1.82) is 0 Å². The number of benzene rings is 2. The van der Waals surface area contributed by atoms with Crippen molar-refractivity contribution in [3.05, 3.63) is 95.8 Å². The minimum Gasteiger partial charge on any atom is -0.477 e. The Bertz CT molecular complexity index is 1280. The van der Waals surface area contributed by atoms with E-state index < -0.39 is 0 Å². The van der Waals surface area contributed by atoms with E-state index in [9.17, 15) is 0 Å². The number of aryl methyl sites for hydroxylation is 1. The van der Waals surface area contributed by atoms with Crippen LogP contribution < -0.4 is 15.5 Å². The van der Waals surface area contributed by atoms with Gasteiger partial charge in [-0.25, -0.2) is 0 Å². The molecule has 6 heteroatoms. The summed E-state index contributed by atoms with van der Waals surface area (Å²) in [6.07, 6.45) is 8.07. The highest BCUT2D eigenvalue weighted by Crippen LogP contribution is 2.41. The zero-order valence-corrected chi connectivity index (χ0v) is 18.8. The lowest BCUT2D eigenvalue weighted by Gasteiger charge is -2.29. The molecule has 1 saturated heterocycles. The summed E-state index contributed by atoms with van der Waals surface area (Å²) in [4.78, 5) is 4.52. The van der Waals surface area contributed by atoms with E-state index in [4.69, 9.17) is 15.2 Å². The van der Waals surface area contributed by atoms with Crippen LogP contribution in [-0.4, -0.2) is 30.9 Å². The monoisotopic (exact) mass is 440 g/mol. The average Bonchev–Trinajstić information content (AvgIpc) is 3.50. The van der Waals surface area contributed by atoms with Crippen molar-refractivity contribution in [2.45, 2.75) is 19.6 Å². The van der Waals surface area contributed by atoms with E-state index in [2.05, 4.69) is 82.1 Å². The molecule has 1 fully saturated rings. The topological polar surface area (TPSA) is 55.9 Å². The molecule has 0 bridgehead atoms. The van der Waals surface area contributed by atoms with Crippen molar-refractivity contribution in [2.24, 2.45) is 5.73 Å². The number of nitrogens with zero attached hydrogens (tertiary/aromatic N) is 3. The van der Waals surface area contributed by atoms with E-state index in [1.807, 2.05) is 12.3 Å². The molecule has 0 saturated carbocycles. The van der Waals surface area contributed by atoms with Crippen LogP contribution in [0.1, 0.15) is 18.6 Å². The fourth-order valence-corrected chi connectivity index (χ4v) is 4.86. The van der Waals surface area contributed by atoms with E-state index in [0.29, 0.717) is 5.70 Å². The molecule has 1 atom stereocenters. The Hall–Kier alpha value is -3.64. The lowest BCUT2D eigenvalue weighted by molar-refractivity contribution is 0.122. The molecule has 3 aliphatic rings.